The van der Waals surface area contributed by atoms with E-state index < -0.39 is 28.0 Å². The molecule has 0 bridgehead atoms. The zero-order valence-electron chi connectivity index (χ0n) is 7.49. The first-order valence-corrected chi connectivity index (χ1v) is 3.80. The zero-order valence-corrected chi connectivity index (χ0v) is 7.49. The lowest BCUT2D eigenvalue weighted by atomic mass is 10.1. The number of carbonyl (C=O) groups excluding carboxylic acids is 1. The van der Waals surface area contributed by atoms with Gasteiger partial charge in [0.1, 0.15) is 0 Å². The summed E-state index contributed by atoms with van der Waals surface area (Å²) >= 11 is 0. The summed E-state index contributed by atoms with van der Waals surface area (Å²) in [5.74, 6) is 0. The van der Waals surface area contributed by atoms with Crippen molar-refractivity contribution < 1.29 is 22.9 Å². The fraction of sp³-hybridized carbons (Fsp3) is 0.125. The lowest BCUT2D eigenvalue weighted by molar-refractivity contribution is -0.384. The highest BCUT2D eigenvalue weighted by Gasteiger charge is 2.36. The van der Waals surface area contributed by atoms with E-state index in [2.05, 4.69) is 4.99 Å². The van der Waals surface area contributed by atoms with E-state index in [1.165, 1.54) is 0 Å². The van der Waals surface area contributed by atoms with E-state index in [-0.39, 0.29) is 0 Å². The molecule has 16 heavy (non-hydrogen) atoms. The van der Waals surface area contributed by atoms with E-state index in [0.717, 1.165) is 18.2 Å². The molecule has 0 aliphatic carbocycles. The minimum Gasteiger partial charge on any atom is -0.258 e. The third kappa shape index (κ3) is 2.23. The predicted molar refractivity (Wildman–Crippen MR) is 45.9 cm³/mol. The van der Waals surface area contributed by atoms with Crippen LogP contribution in [0.15, 0.2) is 23.2 Å². The van der Waals surface area contributed by atoms with Crippen LogP contribution >= 0.6 is 0 Å². The van der Waals surface area contributed by atoms with E-state index >= 15 is 0 Å². The average molecular weight is 232 g/mol. The number of hydrogen-bond acceptors (Lipinski definition) is 4. The summed E-state index contributed by atoms with van der Waals surface area (Å²) < 4.78 is 37.2. The zero-order chi connectivity index (χ0) is 12.3. The van der Waals surface area contributed by atoms with E-state index in [9.17, 15) is 28.1 Å². The monoisotopic (exact) mass is 232 g/mol. The maximum atomic E-state index is 12.4. The van der Waals surface area contributed by atoms with Gasteiger partial charge in [0.05, 0.1) is 10.5 Å². The normalized spacial score (nSPS) is 10.7. The number of nitro benzene ring substituents is 1. The number of rotatable bonds is 2. The molecule has 0 radical (unpaired) electrons. The Labute approximate surface area is 86.4 Å². The summed E-state index contributed by atoms with van der Waals surface area (Å²) in [6, 6.07) is 2.29. The molecule has 0 aromatic heterocycles. The molecule has 8 heteroatoms. The van der Waals surface area contributed by atoms with Crippen LogP contribution in [0.4, 0.5) is 24.5 Å². The Kier molecular flexibility index (Phi) is 3.05. The molecule has 0 spiro atoms. The van der Waals surface area contributed by atoms with Crippen molar-refractivity contribution in [2.75, 3.05) is 0 Å². The molecule has 0 aliphatic heterocycles. The van der Waals surface area contributed by atoms with E-state index in [1.54, 1.807) is 0 Å². The van der Waals surface area contributed by atoms with Gasteiger partial charge in [0.15, 0.2) is 5.69 Å². The molecule has 1 aromatic rings. The van der Waals surface area contributed by atoms with Crippen molar-refractivity contribution in [2.24, 2.45) is 4.99 Å². The molecule has 0 aliphatic rings. The van der Waals surface area contributed by atoms with Crippen LogP contribution in [0.25, 0.3) is 0 Å². The second kappa shape index (κ2) is 4.11. The Balaban J connectivity index is 3.57. The van der Waals surface area contributed by atoms with Gasteiger partial charge in [0.25, 0.3) is 5.69 Å². The van der Waals surface area contributed by atoms with Crippen LogP contribution in [0.5, 0.6) is 0 Å². The van der Waals surface area contributed by atoms with Gasteiger partial charge in [-0.15, -0.1) is 0 Å². The average Bonchev–Trinajstić information content (AvgIpc) is 2.16. The summed E-state index contributed by atoms with van der Waals surface area (Å²) in [5, 5.41) is 10.4. The Morgan fingerprint density at radius 3 is 2.44 bits per heavy atom. The first kappa shape index (κ1) is 11.9. The number of nitro groups is 1. The van der Waals surface area contributed by atoms with Crippen molar-refractivity contribution in [1.29, 1.82) is 0 Å². The highest BCUT2D eigenvalue weighted by Crippen LogP contribution is 2.40. The molecule has 0 unspecified atom stereocenters. The minimum absolute atomic E-state index is 0.600. The van der Waals surface area contributed by atoms with Gasteiger partial charge in [-0.1, -0.05) is 6.07 Å². The Morgan fingerprint density at radius 1 is 1.38 bits per heavy atom. The van der Waals surface area contributed by atoms with Crippen molar-refractivity contribution >= 4 is 17.5 Å². The molecular formula is C8H3F3N2O3. The van der Waals surface area contributed by atoms with Crippen molar-refractivity contribution in [2.45, 2.75) is 6.18 Å². The first-order valence-electron chi connectivity index (χ1n) is 3.80. The number of para-hydroxylation sites is 1. The maximum absolute atomic E-state index is 12.4. The number of hydrogen-bond donors (Lipinski definition) is 0. The number of alkyl halides is 3. The number of aliphatic imine (C=N–C) groups is 1. The van der Waals surface area contributed by atoms with Gasteiger partial charge < -0.3 is 0 Å². The number of benzene rings is 1. The van der Waals surface area contributed by atoms with Gasteiger partial charge in [0.2, 0.25) is 6.08 Å². The summed E-state index contributed by atoms with van der Waals surface area (Å²) in [7, 11) is 0. The van der Waals surface area contributed by atoms with Gasteiger partial charge >= 0.3 is 6.18 Å². The van der Waals surface area contributed by atoms with Gasteiger partial charge in [0, 0.05) is 6.07 Å². The van der Waals surface area contributed by atoms with Gasteiger partial charge in [-0.3, -0.25) is 10.1 Å². The third-order valence-corrected chi connectivity index (χ3v) is 1.67. The van der Waals surface area contributed by atoms with Crippen molar-refractivity contribution in [3.63, 3.8) is 0 Å². The van der Waals surface area contributed by atoms with Crippen LogP contribution in [-0.2, 0) is 11.0 Å². The predicted octanol–water partition coefficient (Wildman–Crippen LogP) is 2.58. The van der Waals surface area contributed by atoms with Crippen LogP contribution in [0, 0.1) is 10.1 Å². The fourth-order valence-corrected chi connectivity index (χ4v) is 1.07. The van der Waals surface area contributed by atoms with Crippen molar-refractivity contribution in [3.05, 3.63) is 33.9 Å². The van der Waals surface area contributed by atoms with Gasteiger partial charge in [-0.2, -0.15) is 18.2 Å². The molecule has 0 atom stereocenters. The summed E-state index contributed by atoms with van der Waals surface area (Å²) in [6.45, 7) is 0. The Bertz CT molecular complexity index is 478. The standard InChI is InChI=1S/C8H3F3N2O3/c9-8(10,11)5-2-1-3-6(13(15)16)7(5)12-4-14/h1-3H. The van der Waals surface area contributed by atoms with E-state index in [0.29, 0.717) is 6.07 Å². The smallest absolute Gasteiger partial charge is 0.258 e. The van der Waals surface area contributed by atoms with Gasteiger partial charge in [-0.05, 0) is 6.07 Å². The molecule has 0 amide bonds. The van der Waals surface area contributed by atoms with Crippen LogP contribution in [-0.4, -0.2) is 11.0 Å². The Morgan fingerprint density at radius 2 is 2.00 bits per heavy atom. The number of nitrogens with zero attached hydrogens (tertiary/aromatic N) is 2. The second-order valence-corrected chi connectivity index (χ2v) is 2.63. The molecule has 0 saturated carbocycles. The highest BCUT2D eigenvalue weighted by molar-refractivity contribution is 5.66. The highest BCUT2D eigenvalue weighted by atomic mass is 19.4. The van der Waals surface area contributed by atoms with Crippen molar-refractivity contribution in [3.8, 4) is 0 Å². The lowest BCUT2D eigenvalue weighted by Gasteiger charge is -2.08. The summed E-state index contributed by atoms with van der Waals surface area (Å²) in [6.07, 6.45) is -3.96. The molecule has 1 aromatic carbocycles. The van der Waals surface area contributed by atoms with Gasteiger partial charge in [-0.25, -0.2) is 4.79 Å². The first-order chi connectivity index (χ1) is 7.38. The van der Waals surface area contributed by atoms with Crippen LogP contribution in [0.2, 0.25) is 0 Å². The van der Waals surface area contributed by atoms with Crippen molar-refractivity contribution in [1.82, 2.24) is 0 Å². The maximum Gasteiger partial charge on any atom is 0.418 e. The minimum atomic E-state index is -4.82. The fourth-order valence-electron chi connectivity index (χ4n) is 1.07. The quantitative estimate of drug-likeness (QED) is 0.340. The molecule has 0 N–H and O–H groups in total. The SMILES string of the molecule is O=C=Nc1c([N+](=O)[O-])cccc1C(F)(F)F. The van der Waals surface area contributed by atoms with Crippen LogP contribution in [0.3, 0.4) is 0 Å². The number of halogens is 3. The largest absolute Gasteiger partial charge is 0.418 e. The molecule has 84 valence electrons. The molecular weight excluding hydrogens is 229 g/mol. The topological polar surface area (TPSA) is 72.6 Å². The van der Waals surface area contributed by atoms with E-state index in [4.69, 9.17) is 0 Å². The molecule has 0 saturated heterocycles. The molecule has 1 rings (SSSR count). The molecule has 0 fully saturated rings. The molecule has 5 nitrogen and oxygen atoms in total. The molecule has 0 heterocycles. The second-order valence-electron chi connectivity index (χ2n) is 2.63. The van der Waals surface area contributed by atoms with Crippen LogP contribution in [0.1, 0.15) is 5.56 Å². The summed E-state index contributed by atoms with van der Waals surface area (Å²) in [5.41, 5.74) is -3.27. The summed E-state index contributed by atoms with van der Waals surface area (Å²) in [4.78, 5) is 22.0. The number of isocyanates is 1. The van der Waals surface area contributed by atoms with E-state index in [1.807, 2.05) is 0 Å². The lowest BCUT2D eigenvalue weighted by Crippen LogP contribution is -2.06. The Hall–Kier alpha value is -2.21. The third-order valence-electron chi connectivity index (χ3n) is 1.67. The van der Waals surface area contributed by atoms with Crippen LogP contribution < -0.4 is 0 Å².